The fourth-order valence-electron chi connectivity index (χ4n) is 2.88. The molecule has 0 aromatic carbocycles. The number of hydrogen-bond acceptors (Lipinski definition) is 1. The molecule has 0 bridgehead atoms. The number of aliphatic carboxylic acids is 1. The van der Waals surface area contributed by atoms with E-state index in [0.717, 1.165) is 11.1 Å². The van der Waals surface area contributed by atoms with E-state index in [4.69, 9.17) is 5.11 Å². The van der Waals surface area contributed by atoms with Crippen LogP contribution < -0.4 is 0 Å². The van der Waals surface area contributed by atoms with E-state index in [1.54, 1.807) is 13.0 Å². The first-order valence-corrected chi connectivity index (χ1v) is 7.87. The fraction of sp³-hybridized carbons (Fsp3) is 0.450. The highest BCUT2D eigenvalue weighted by Crippen LogP contribution is 2.40. The molecule has 0 spiro atoms. The number of carboxylic acid groups (broad SMARTS) is 1. The van der Waals surface area contributed by atoms with Crippen molar-refractivity contribution in [2.75, 3.05) is 0 Å². The van der Waals surface area contributed by atoms with Crippen LogP contribution in [0.15, 0.2) is 58.7 Å². The van der Waals surface area contributed by atoms with Crippen molar-refractivity contribution in [1.29, 1.82) is 0 Å². The zero-order valence-electron chi connectivity index (χ0n) is 14.4. The van der Waals surface area contributed by atoms with Crippen molar-refractivity contribution in [2.24, 2.45) is 5.41 Å². The van der Waals surface area contributed by atoms with E-state index in [-0.39, 0.29) is 5.41 Å². The van der Waals surface area contributed by atoms with Gasteiger partial charge in [-0.25, -0.2) is 4.79 Å². The van der Waals surface area contributed by atoms with Crippen molar-refractivity contribution in [3.8, 4) is 0 Å². The van der Waals surface area contributed by atoms with Crippen molar-refractivity contribution in [2.45, 2.75) is 53.9 Å². The molecule has 120 valence electrons. The van der Waals surface area contributed by atoms with E-state index in [1.807, 2.05) is 12.2 Å². The van der Waals surface area contributed by atoms with Gasteiger partial charge in [0.1, 0.15) is 0 Å². The van der Waals surface area contributed by atoms with Gasteiger partial charge in [-0.05, 0) is 56.6 Å². The van der Waals surface area contributed by atoms with Crippen molar-refractivity contribution >= 4 is 5.97 Å². The maximum atomic E-state index is 10.5. The van der Waals surface area contributed by atoms with Crippen LogP contribution >= 0.6 is 0 Å². The summed E-state index contributed by atoms with van der Waals surface area (Å²) in [6.45, 7) is 10.7. The highest BCUT2D eigenvalue weighted by molar-refractivity contribution is 5.81. The topological polar surface area (TPSA) is 37.3 Å². The molecule has 2 nitrogen and oxygen atoms in total. The summed E-state index contributed by atoms with van der Waals surface area (Å²) in [5.41, 5.74) is 5.09. The van der Waals surface area contributed by atoms with Gasteiger partial charge in [0, 0.05) is 6.08 Å². The third-order valence-corrected chi connectivity index (χ3v) is 4.12. The minimum Gasteiger partial charge on any atom is -0.478 e. The number of hydrogen-bond donors (Lipinski definition) is 1. The van der Waals surface area contributed by atoms with Crippen molar-refractivity contribution in [3.05, 3.63) is 58.7 Å². The van der Waals surface area contributed by atoms with E-state index in [0.29, 0.717) is 0 Å². The molecule has 0 atom stereocenters. The second kappa shape index (κ2) is 7.98. The van der Waals surface area contributed by atoms with Gasteiger partial charge < -0.3 is 5.11 Å². The zero-order valence-corrected chi connectivity index (χ0v) is 14.4. The Morgan fingerprint density at radius 3 is 2.45 bits per heavy atom. The van der Waals surface area contributed by atoms with Crippen LogP contribution in [0.2, 0.25) is 0 Å². The number of allylic oxidation sites excluding steroid dienone is 9. The Morgan fingerprint density at radius 1 is 1.18 bits per heavy atom. The molecule has 1 rings (SSSR count). The van der Waals surface area contributed by atoms with E-state index in [2.05, 4.69) is 39.8 Å². The highest BCUT2D eigenvalue weighted by Gasteiger charge is 2.26. The van der Waals surface area contributed by atoms with Crippen LogP contribution in [0.5, 0.6) is 0 Å². The first kappa shape index (κ1) is 18.2. The third kappa shape index (κ3) is 5.88. The molecule has 22 heavy (non-hydrogen) atoms. The van der Waals surface area contributed by atoms with Crippen LogP contribution in [0.25, 0.3) is 0 Å². The Morgan fingerprint density at radius 2 is 1.86 bits per heavy atom. The molecule has 0 aromatic heterocycles. The van der Waals surface area contributed by atoms with Gasteiger partial charge in [0.05, 0.1) is 0 Å². The maximum Gasteiger partial charge on any atom is 0.328 e. The molecule has 0 aromatic rings. The third-order valence-electron chi connectivity index (χ3n) is 4.12. The molecular formula is C20H28O2. The summed E-state index contributed by atoms with van der Waals surface area (Å²) < 4.78 is 0. The van der Waals surface area contributed by atoms with Crippen LogP contribution in [0.1, 0.15) is 53.9 Å². The lowest BCUT2D eigenvalue weighted by Crippen LogP contribution is -2.19. The van der Waals surface area contributed by atoms with Gasteiger partial charge >= 0.3 is 5.97 Å². The lowest BCUT2D eigenvalue weighted by molar-refractivity contribution is -0.131. The van der Waals surface area contributed by atoms with Crippen LogP contribution in [0.3, 0.4) is 0 Å². The van der Waals surface area contributed by atoms with Gasteiger partial charge in [-0.3, -0.25) is 0 Å². The molecule has 0 fully saturated rings. The van der Waals surface area contributed by atoms with Crippen LogP contribution in [0, 0.1) is 5.41 Å². The van der Waals surface area contributed by atoms with E-state index < -0.39 is 5.97 Å². The summed E-state index contributed by atoms with van der Waals surface area (Å²) in [6.07, 6.45) is 15.0. The zero-order chi connectivity index (χ0) is 16.8. The minimum absolute atomic E-state index is 0.260. The number of rotatable bonds is 5. The standard InChI is InChI=1S/C20H28O2/c1-15(8-6-9-16(2)14-19(21)22)11-12-18-17(3)10-7-13-20(18,4)5/h6,8-9,11-12,14H,7,10,13H2,1-5H3,(H,21,22)/b9-6-,12-11-,15-8-,16-14-. The van der Waals surface area contributed by atoms with Crippen LogP contribution in [-0.4, -0.2) is 11.1 Å². The van der Waals surface area contributed by atoms with Crippen molar-refractivity contribution in [3.63, 3.8) is 0 Å². The molecule has 0 aliphatic heterocycles. The molecule has 1 aliphatic rings. The normalized spacial score (nSPS) is 20.2. The van der Waals surface area contributed by atoms with Gasteiger partial charge in [-0.2, -0.15) is 0 Å². The van der Waals surface area contributed by atoms with Gasteiger partial charge in [-0.1, -0.05) is 55.4 Å². The largest absolute Gasteiger partial charge is 0.478 e. The number of carbonyl (C=O) groups is 1. The van der Waals surface area contributed by atoms with E-state index in [1.165, 1.54) is 36.5 Å². The molecule has 0 saturated heterocycles. The second-order valence-electron chi connectivity index (χ2n) is 6.76. The predicted molar refractivity (Wildman–Crippen MR) is 93.8 cm³/mol. The number of carboxylic acids is 1. The van der Waals surface area contributed by atoms with Gasteiger partial charge in [0.25, 0.3) is 0 Å². The SMILES string of the molecule is CC1=C(\C=C/C(C)=C\C=C/C(C)=C\C(=O)O)C(C)(C)CCC1. The Labute approximate surface area is 134 Å². The average molecular weight is 300 g/mol. The summed E-state index contributed by atoms with van der Waals surface area (Å²) in [5.74, 6) is -0.912. The molecule has 1 aliphatic carbocycles. The monoisotopic (exact) mass is 300 g/mol. The van der Waals surface area contributed by atoms with Crippen molar-refractivity contribution in [1.82, 2.24) is 0 Å². The molecule has 1 N–H and O–H groups in total. The van der Waals surface area contributed by atoms with E-state index in [9.17, 15) is 4.79 Å². The maximum absolute atomic E-state index is 10.5. The highest BCUT2D eigenvalue weighted by atomic mass is 16.4. The lowest BCUT2D eigenvalue weighted by atomic mass is 9.72. The minimum atomic E-state index is -0.912. The molecular weight excluding hydrogens is 272 g/mol. The van der Waals surface area contributed by atoms with Crippen LogP contribution in [0.4, 0.5) is 0 Å². The summed E-state index contributed by atoms with van der Waals surface area (Å²) in [4.78, 5) is 10.5. The summed E-state index contributed by atoms with van der Waals surface area (Å²) >= 11 is 0. The Balaban J connectivity index is 2.79. The Bertz CT molecular complexity index is 567. The fourth-order valence-corrected chi connectivity index (χ4v) is 2.88. The summed E-state index contributed by atoms with van der Waals surface area (Å²) in [6, 6.07) is 0. The van der Waals surface area contributed by atoms with Gasteiger partial charge in [0.15, 0.2) is 0 Å². The quantitative estimate of drug-likeness (QED) is 0.530. The van der Waals surface area contributed by atoms with Crippen molar-refractivity contribution < 1.29 is 9.90 Å². The first-order chi connectivity index (χ1) is 10.2. The van der Waals surface area contributed by atoms with Crippen LogP contribution in [-0.2, 0) is 4.79 Å². The van der Waals surface area contributed by atoms with Gasteiger partial charge in [0.2, 0.25) is 0 Å². The molecule has 0 heterocycles. The second-order valence-corrected chi connectivity index (χ2v) is 6.76. The predicted octanol–water partition coefficient (Wildman–Crippen LogP) is 5.60. The molecule has 0 unspecified atom stereocenters. The Kier molecular flexibility index (Phi) is 6.61. The average Bonchev–Trinajstić information content (AvgIpc) is 2.36. The van der Waals surface area contributed by atoms with Gasteiger partial charge in [-0.15, -0.1) is 0 Å². The molecule has 0 amide bonds. The molecule has 2 heteroatoms. The van der Waals surface area contributed by atoms with E-state index >= 15 is 0 Å². The summed E-state index contributed by atoms with van der Waals surface area (Å²) in [7, 11) is 0. The molecule has 0 saturated carbocycles. The smallest absolute Gasteiger partial charge is 0.328 e. The Hall–Kier alpha value is -1.83. The lowest BCUT2D eigenvalue weighted by Gasteiger charge is -2.32. The molecule has 0 radical (unpaired) electrons. The first-order valence-electron chi connectivity index (χ1n) is 7.87. The summed E-state index contributed by atoms with van der Waals surface area (Å²) in [5, 5.41) is 8.65.